The van der Waals surface area contributed by atoms with Crippen molar-refractivity contribution in [2.24, 2.45) is 0 Å². The Hall–Kier alpha value is -1.51. The molecule has 1 aromatic carbocycles. The van der Waals surface area contributed by atoms with Crippen LogP contribution in [0, 0.1) is 11.3 Å². The van der Waals surface area contributed by atoms with Gasteiger partial charge < -0.3 is 4.42 Å². The molecule has 0 fully saturated rings. The van der Waals surface area contributed by atoms with Crippen LogP contribution in [0.5, 0.6) is 0 Å². The Bertz CT molecular complexity index is 532. The smallest absolute Gasteiger partial charge is 0.276 e. The van der Waals surface area contributed by atoms with Crippen molar-refractivity contribution in [3.8, 4) is 17.5 Å². The fourth-order valence-electron chi connectivity index (χ4n) is 1.16. The Labute approximate surface area is 108 Å². The average Bonchev–Trinajstić information content (AvgIpc) is 2.79. The van der Waals surface area contributed by atoms with Gasteiger partial charge in [0.2, 0.25) is 5.89 Å². The molecule has 0 saturated carbocycles. The van der Waals surface area contributed by atoms with Crippen LogP contribution in [0.1, 0.15) is 6.42 Å². The van der Waals surface area contributed by atoms with E-state index in [1.165, 1.54) is 11.8 Å². The van der Waals surface area contributed by atoms with Crippen LogP contribution in [0.4, 0.5) is 0 Å². The summed E-state index contributed by atoms with van der Waals surface area (Å²) in [6.45, 7) is 0. The van der Waals surface area contributed by atoms with Crippen molar-refractivity contribution in [2.75, 3.05) is 5.75 Å². The molecule has 6 heteroatoms. The Balaban J connectivity index is 2.08. The largest absolute Gasteiger partial charge is 0.411 e. The number of thioether (sulfide) groups is 1. The van der Waals surface area contributed by atoms with E-state index in [-0.39, 0.29) is 0 Å². The predicted octanol–water partition coefficient (Wildman–Crippen LogP) is 3.40. The molecular formula is C11H8ClN3OS. The number of nitriles is 1. The van der Waals surface area contributed by atoms with Crippen LogP contribution in [-0.2, 0) is 0 Å². The van der Waals surface area contributed by atoms with Gasteiger partial charge in [-0.3, -0.25) is 0 Å². The van der Waals surface area contributed by atoms with Crippen molar-refractivity contribution in [1.82, 2.24) is 10.2 Å². The monoisotopic (exact) mass is 265 g/mol. The topological polar surface area (TPSA) is 62.7 Å². The van der Waals surface area contributed by atoms with E-state index in [1.54, 1.807) is 12.1 Å². The van der Waals surface area contributed by atoms with E-state index in [4.69, 9.17) is 21.3 Å². The lowest BCUT2D eigenvalue weighted by Crippen LogP contribution is -1.77. The summed E-state index contributed by atoms with van der Waals surface area (Å²) in [5.74, 6) is 1.11. The van der Waals surface area contributed by atoms with Gasteiger partial charge >= 0.3 is 0 Å². The standard InChI is InChI=1S/C11H8ClN3OS/c12-9-4-2-8(3-5-9)10-14-15-11(16-10)17-7-1-6-13/h2-5H,1,7H2. The van der Waals surface area contributed by atoms with E-state index >= 15 is 0 Å². The summed E-state index contributed by atoms with van der Waals surface area (Å²) in [7, 11) is 0. The SMILES string of the molecule is N#CCCSc1nnc(-c2ccc(Cl)cc2)o1. The first-order valence-electron chi connectivity index (χ1n) is 4.89. The van der Waals surface area contributed by atoms with E-state index in [9.17, 15) is 0 Å². The number of aromatic nitrogens is 2. The van der Waals surface area contributed by atoms with Crippen molar-refractivity contribution >= 4 is 23.4 Å². The highest BCUT2D eigenvalue weighted by atomic mass is 35.5. The maximum atomic E-state index is 8.41. The molecule has 0 aliphatic rings. The van der Waals surface area contributed by atoms with Gasteiger partial charge in [-0.1, -0.05) is 23.4 Å². The summed E-state index contributed by atoms with van der Waals surface area (Å²) in [6, 6.07) is 9.23. The second-order valence-corrected chi connectivity index (χ2v) is 4.62. The molecule has 2 rings (SSSR count). The van der Waals surface area contributed by atoms with Crippen LogP contribution in [0.2, 0.25) is 5.02 Å². The minimum absolute atomic E-state index is 0.459. The fourth-order valence-corrected chi connectivity index (χ4v) is 1.89. The number of benzene rings is 1. The minimum atomic E-state index is 0.459. The third kappa shape index (κ3) is 3.22. The maximum absolute atomic E-state index is 8.41. The van der Waals surface area contributed by atoms with Crippen molar-refractivity contribution in [3.63, 3.8) is 0 Å². The number of rotatable bonds is 4. The van der Waals surface area contributed by atoms with Gasteiger partial charge in [-0.15, -0.1) is 10.2 Å². The first-order valence-corrected chi connectivity index (χ1v) is 6.25. The van der Waals surface area contributed by atoms with Gasteiger partial charge in [0.1, 0.15) is 0 Å². The summed E-state index contributed by atoms with van der Waals surface area (Å²) in [5.41, 5.74) is 0.828. The zero-order valence-corrected chi connectivity index (χ0v) is 10.3. The van der Waals surface area contributed by atoms with Gasteiger partial charge in [0, 0.05) is 22.8 Å². The van der Waals surface area contributed by atoms with Crippen molar-refractivity contribution in [1.29, 1.82) is 5.26 Å². The molecule has 4 nitrogen and oxygen atoms in total. The van der Waals surface area contributed by atoms with Gasteiger partial charge in [0.25, 0.3) is 5.22 Å². The number of nitrogens with zero attached hydrogens (tertiary/aromatic N) is 3. The van der Waals surface area contributed by atoms with E-state index in [1.807, 2.05) is 12.1 Å². The molecule has 0 bridgehead atoms. The Morgan fingerprint density at radius 3 is 2.76 bits per heavy atom. The number of hydrogen-bond donors (Lipinski definition) is 0. The molecule has 0 saturated heterocycles. The summed E-state index contributed by atoms with van der Waals surface area (Å²) in [4.78, 5) is 0. The highest BCUT2D eigenvalue weighted by Gasteiger charge is 2.08. The van der Waals surface area contributed by atoms with Crippen molar-refractivity contribution in [2.45, 2.75) is 11.6 Å². The van der Waals surface area contributed by atoms with Gasteiger partial charge in [-0.05, 0) is 24.3 Å². The molecule has 2 aromatic rings. The lowest BCUT2D eigenvalue weighted by Gasteiger charge is -1.94. The lowest BCUT2D eigenvalue weighted by atomic mass is 10.2. The van der Waals surface area contributed by atoms with Crippen LogP contribution < -0.4 is 0 Å². The Kier molecular flexibility index (Phi) is 4.02. The second-order valence-electron chi connectivity index (χ2n) is 3.14. The van der Waals surface area contributed by atoms with Crippen LogP contribution in [0.3, 0.4) is 0 Å². The highest BCUT2D eigenvalue weighted by Crippen LogP contribution is 2.24. The first-order chi connectivity index (χ1) is 8.29. The average molecular weight is 266 g/mol. The summed E-state index contributed by atoms with van der Waals surface area (Å²) < 4.78 is 5.44. The van der Waals surface area contributed by atoms with Crippen LogP contribution in [0.15, 0.2) is 33.9 Å². The molecule has 0 spiro atoms. The fraction of sp³-hybridized carbons (Fsp3) is 0.182. The number of halogens is 1. The van der Waals surface area contributed by atoms with Crippen LogP contribution >= 0.6 is 23.4 Å². The molecule has 17 heavy (non-hydrogen) atoms. The molecule has 0 aliphatic heterocycles. The van der Waals surface area contributed by atoms with Gasteiger partial charge in [-0.2, -0.15) is 5.26 Å². The summed E-state index contributed by atoms with van der Waals surface area (Å²) in [5, 5.41) is 17.4. The zero-order chi connectivity index (χ0) is 12.1. The Morgan fingerprint density at radius 2 is 2.06 bits per heavy atom. The summed E-state index contributed by atoms with van der Waals surface area (Å²) >= 11 is 7.16. The first kappa shape index (κ1) is 12.0. The second kappa shape index (κ2) is 5.71. The molecule has 0 amide bonds. The van der Waals surface area contributed by atoms with Gasteiger partial charge in [0.15, 0.2) is 0 Å². The molecule has 86 valence electrons. The number of hydrogen-bond acceptors (Lipinski definition) is 5. The minimum Gasteiger partial charge on any atom is -0.411 e. The van der Waals surface area contributed by atoms with Crippen LogP contribution in [0.25, 0.3) is 11.5 Å². The molecule has 1 aromatic heterocycles. The van der Waals surface area contributed by atoms with E-state index in [2.05, 4.69) is 16.3 Å². The molecule has 0 atom stereocenters. The third-order valence-corrected chi connectivity index (χ3v) is 3.01. The van der Waals surface area contributed by atoms with E-state index in [0.717, 1.165) is 5.56 Å². The highest BCUT2D eigenvalue weighted by molar-refractivity contribution is 7.99. The van der Waals surface area contributed by atoms with Gasteiger partial charge in [0.05, 0.1) is 6.07 Å². The summed E-state index contributed by atoms with van der Waals surface area (Å²) in [6.07, 6.45) is 0.462. The molecule has 1 heterocycles. The lowest BCUT2D eigenvalue weighted by molar-refractivity contribution is 0.466. The molecule has 0 aliphatic carbocycles. The van der Waals surface area contributed by atoms with Crippen molar-refractivity contribution < 1.29 is 4.42 Å². The van der Waals surface area contributed by atoms with Crippen LogP contribution in [-0.4, -0.2) is 16.0 Å². The van der Waals surface area contributed by atoms with Crippen molar-refractivity contribution in [3.05, 3.63) is 29.3 Å². The predicted molar refractivity (Wildman–Crippen MR) is 65.7 cm³/mol. The quantitative estimate of drug-likeness (QED) is 0.626. The van der Waals surface area contributed by atoms with E-state index < -0.39 is 0 Å². The normalized spacial score (nSPS) is 10.1. The van der Waals surface area contributed by atoms with E-state index in [0.29, 0.717) is 28.3 Å². The molecule has 0 radical (unpaired) electrons. The molecule has 0 N–H and O–H groups in total. The molecule has 0 unspecified atom stereocenters. The zero-order valence-electron chi connectivity index (χ0n) is 8.76. The third-order valence-electron chi connectivity index (χ3n) is 1.94. The Morgan fingerprint density at radius 1 is 1.29 bits per heavy atom. The maximum Gasteiger partial charge on any atom is 0.276 e. The van der Waals surface area contributed by atoms with Gasteiger partial charge in [-0.25, -0.2) is 0 Å². The molecular weight excluding hydrogens is 258 g/mol.